The van der Waals surface area contributed by atoms with Gasteiger partial charge in [0.05, 0.1) is 11.6 Å². The number of sulfonamides is 1. The standard InChI is InChI=1S/C21H16F2N2O2S/c22-19-11-9-18(10-12-19)15-25(14-17-7-5-16(13-24)6-8-17)28(26,27)21-4-2-1-3-20(21)23/h1-12H,14-15H2. The van der Waals surface area contributed by atoms with E-state index in [1.807, 2.05) is 6.07 Å². The topological polar surface area (TPSA) is 61.2 Å². The molecule has 0 aliphatic rings. The van der Waals surface area contributed by atoms with E-state index >= 15 is 0 Å². The summed E-state index contributed by atoms with van der Waals surface area (Å²) >= 11 is 0. The second-order valence-electron chi connectivity index (χ2n) is 6.14. The van der Waals surface area contributed by atoms with Crippen molar-refractivity contribution < 1.29 is 17.2 Å². The van der Waals surface area contributed by atoms with Gasteiger partial charge in [-0.2, -0.15) is 9.57 Å². The largest absolute Gasteiger partial charge is 0.246 e. The lowest BCUT2D eigenvalue weighted by atomic mass is 10.1. The summed E-state index contributed by atoms with van der Waals surface area (Å²) in [5.41, 5.74) is 1.65. The van der Waals surface area contributed by atoms with Crippen LogP contribution in [0.15, 0.2) is 77.7 Å². The molecular weight excluding hydrogens is 382 g/mol. The molecule has 0 radical (unpaired) electrons. The highest BCUT2D eigenvalue weighted by Crippen LogP contribution is 2.23. The van der Waals surface area contributed by atoms with Gasteiger partial charge in [0.25, 0.3) is 0 Å². The highest BCUT2D eigenvalue weighted by atomic mass is 32.2. The second kappa shape index (κ2) is 8.30. The number of rotatable bonds is 6. The predicted octanol–water partition coefficient (Wildman–Crippen LogP) is 4.23. The molecular formula is C21H16F2N2O2S. The Hall–Kier alpha value is -3.08. The van der Waals surface area contributed by atoms with Gasteiger partial charge in [-0.05, 0) is 47.5 Å². The highest BCUT2D eigenvalue weighted by Gasteiger charge is 2.27. The number of hydrogen-bond acceptors (Lipinski definition) is 3. The van der Waals surface area contributed by atoms with E-state index in [2.05, 4.69) is 0 Å². The molecule has 0 amide bonds. The van der Waals surface area contributed by atoms with Gasteiger partial charge in [-0.1, -0.05) is 36.4 Å². The zero-order chi connectivity index (χ0) is 20.1. The third-order valence-electron chi connectivity index (χ3n) is 4.17. The Morgan fingerprint density at radius 1 is 0.821 bits per heavy atom. The van der Waals surface area contributed by atoms with Gasteiger partial charge in [-0.25, -0.2) is 17.2 Å². The van der Waals surface area contributed by atoms with Gasteiger partial charge in [0.15, 0.2) is 0 Å². The number of benzene rings is 3. The van der Waals surface area contributed by atoms with Crippen LogP contribution >= 0.6 is 0 Å². The van der Waals surface area contributed by atoms with Gasteiger partial charge in [-0.15, -0.1) is 0 Å². The number of nitriles is 1. The van der Waals surface area contributed by atoms with Crippen LogP contribution in [-0.4, -0.2) is 12.7 Å². The van der Waals surface area contributed by atoms with Gasteiger partial charge in [-0.3, -0.25) is 0 Å². The van der Waals surface area contributed by atoms with Crippen LogP contribution < -0.4 is 0 Å². The van der Waals surface area contributed by atoms with Gasteiger partial charge >= 0.3 is 0 Å². The Bertz CT molecular complexity index is 1110. The lowest BCUT2D eigenvalue weighted by Crippen LogP contribution is -2.31. The minimum Gasteiger partial charge on any atom is -0.207 e. The van der Waals surface area contributed by atoms with Crippen LogP contribution in [0.1, 0.15) is 16.7 Å². The van der Waals surface area contributed by atoms with Gasteiger partial charge in [0.2, 0.25) is 10.0 Å². The predicted molar refractivity (Wildman–Crippen MR) is 100 cm³/mol. The molecule has 0 aliphatic carbocycles. The molecule has 0 fully saturated rings. The monoisotopic (exact) mass is 398 g/mol. The molecule has 0 saturated heterocycles. The van der Waals surface area contributed by atoms with Gasteiger partial charge in [0, 0.05) is 13.1 Å². The maximum absolute atomic E-state index is 14.2. The van der Waals surface area contributed by atoms with E-state index in [0.717, 1.165) is 10.4 Å². The summed E-state index contributed by atoms with van der Waals surface area (Å²) < 4.78 is 54.7. The Morgan fingerprint density at radius 2 is 1.36 bits per heavy atom. The molecule has 28 heavy (non-hydrogen) atoms. The molecule has 142 valence electrons. The van der Waals surface area contributed by atoms with Crippen LogP contribution in [0.25, 0.3) is 0 Å². The summed E-state index contributed by atoms with van der Waals surface area (Å²) in [6.07, 6.45) is 0. The Morgan fingerprint density at radius 3 is 1.89 bits per heavy atom. The van der Waals surface area contributed by atoms with Crippen LogP contribution in [0.5, 0.6) is 0 Å². The summed E-state index contributed by atoms with van der Waals surface area (Å²) in [4.78, 5) is -0.425. The average molecular weight is 398 g/mol. The average Bonchev–Trinajstić information content (AvgIpc) is 2.70. The maximum atomic E-state index is 14.2. The van der Waals surface area contributed by atoms with Crippen LogP contribution in [0, 0.1) is 23.0 Å². The zero-order valence-corrected chi connectivity index (χ0v) is 15.5. The Labute approximate surface area is 162 Å². The normalized spacial score (nSPS) is 11.4. The van der Waals surface area contributed by atoms with Crippen molar-refractivity contribution >= 4 is 10.0 Å². The van der Waals surface area contributed by atoms with E-state index in [1.54, 1.807) is 24.3 Å². The SMILES string of the molecule is N#Cc1ccc(CN(Cc2ccc(F)cc2)S(=O)(=O)c2ccccc2F)cc1. The van der Waals surface area contributed by atoms with Crippen LogP contribution in [0.2, 0.25) is 0 Å². The molecule has 0 unspecified atom stereocenters. The molecule has 0 aromatic heterocycles. The number of halogens is 2. The molecule has 7 heteroatoms. The smallest absolute Gasteiger partial charge is 0.207 e. The minimum atomic E-state index is -4.15. The van der Waals surface area contributed by atoms with Crippen molar-refractivity contribution in [2.45, 2.75) is 18.0 Å². The van der Waals surface area contributed by atoms with Gasteiger partial charge in [0.1, 0.15) is 16.5 Å². The maximum Gasteiger partial charge on any atom is 0.246 e. The molecule has 0 saturated carbocycles. The summed E-state index contributed by atoms with van der Waals surface area (Å²) in [6, 6.07) is 19.1. The van der Waals surface area contributed by atoms with E-state index in [0.29, 0.717) is 16.7 Å². The molecule has 0 heterocycles. The van der Waals surface area contributed by atoms with Crippen LogP contribution in [-0.2, 0) is 23.1 Å². The van der Waals surface area contributed by atoms with Crippen LogP contribution in [0.4, 0.5) is 8.78 Å². The number of nitrogens with zero attached hydrogens (tertiary/aromatic N) is 2. The zero-order valence-electron chi connectivity index (χ0n) is 14.7. The first kappa shape index (κ1) is 19.7. The van der Waals surface area contributed by atoms with Crippen LogP contribution in [0.3, 0.4) is 0 Å². The first-order chi connectivity index (χ1) is 13.4. The third kappa shape index (κ3) is 4.42. The third-order valence-corrected chi connectivity index (χ3v) is 5.99. The van der Waals surface area contributed by atoms with E-state index in [9.17, 15) is 17.2 Å². The van der Waals surface area contributed by atoms with E-state index < -0.39 is 26.6 Å². The van der Waals surface area contributed by atoms with E-state index in [4.69, 9.17) is 5.26 Å². The molecule has 0 atom stereocenters. The van der Waals surface area contributed by atoms with E-state index in [1.165, 1.54) is 42.5 Å². The molecule has 0 bridgehead atoms. The van der Waals surface area contributed by atoms with E-state index in [-0.39, 0.29) is 13.1 Å². The summed E-state index contributed by atoms with van der Waals surface area (Å²) in [6.45, 7) is -0.0866. The van der Waals surface area contributed by atoms with Crippen molar-refractivity contribution in [3.05, 3.63) is 101 Å². The minimum absolute atomic E-state index is 0.0280. The molecule has 3 aromatic rings. The summed E-state index contributed by atoms with van der Waals surface area (Å²) in [5.74, 6) is -1.27. The Kier molecular flexibility index (Phi) is 5.83. The van der Waals surface area contributed by atoms with Crippen molar-refractivity contribution in [3.63, 3.8) is 0 Å². The molecule has 4 nitrogen and oxygen atoms in total. The molecule has 3 rings (SSSR count). The quantitative estimate of drug-likeness (QED) is 0.624. The highest BCUT2D eigenvalue weighted by molar-refractivity contribution is 7.89. The fourth-order valence-electron chi connectivity index (χ4n) is 2.70. The van der Waals surface area contributed by atoms with Crippen molar-refractivity contribution in [1.82, 2.24) is 4.31 Å². The fourth-order valence-corrected chi connectivity index (χ4v) is 4.18. The molecule has 3 aromatic carbocycles. The summed E-state index contributed by atoms with van der Waals surface area (Å²) in [5, 5.41) is 8.91. The number of hydrogen-bond donors (Lipinski definition) is 0. The van der Waals surface area contributed by atoms with Crippen molar-refractivity contribution in [2.75, 3.05) is 0 Å². The first-order valence-electron chi connectivity index (χ1n) is 8.38. The molecule has 0 N–H and O–H groups in total. The van der Waals surface area contributed by atoms with Crippen molar-refractivity contribution in [2.24, 2.45) is 0 Å². The lowest BCUT2D eigenvalue weighted by molar-refractivity contribution is 0.397. The Balaban J connectivity index is 1.98. The lowest BCUT2D eigenvalue weighted by Gasteiger charge is -2.23. The first-order valence-corrected chi connectivity index (χ1v) is 9.82. The second-order valence-corrected chi connectivity index (χ2v) is 8.05. The molecule has 0 spiro atoms. The summed E-state index contributed by atoms with van der Waals surface area (Å²) in [7, 11) is -4.15. The molecule has 0 aliphatic heterocycles. The van der Waals surface area contributed by atoms with Crippen molar-refractivity contribution in [1.29, 1.82) is 5.26 Å². The van der Waals surface area contributed by atoms with Crippen molar-refractivity contribution in [3.8, 4) is 6.07 Å². The fraction of sp³-hybridized carbons (Fsp3) is 0.0952. The van der Waals surface area contributed by atoms with Gasteiger partial charge < -0.3 is 0 Å².